The van der Waals surface area contributed by atoms with Gasteiger partial charge in [0.15, 0.2) is 0 Å². The number of nitrogen functional groups attached to an aromatic ring is 1. The molecule has 1 heterocycles. The molecule has 1 aromatic rings. The van der Waals surface area contributed by atoms with Gasteiger partial charge in [0.2, 0.25) is 0 Å². The van der Waals surface area contributed by atoms with Crippen LogP contribution < -0.4 is 5.73 Å². The zero-order valence-corrected chi connectivity index (χ0v) is 8.49. The van der Waals surface area contributed by atoms with Crippen LogP contribution >= 0.6 is 22.6 Å². The maximum atomic E-state index is 10.6. The number of pyridine rings is 1. The van der Waals surface area contributed by atoms with Crippen molar-refractivity contribution in [2.45, 2.75) is 6.92 Å². The molecule has 0 amide bonds. The summed E-state index contributed by atoms with van der Waals surface area (Å²) in [6, 6.07) is 0. The van der Waals surface area contributed by atoms with Gasteiger partial charge in [-0.05, 0) is 35.1 Å². The minimum Gasteiger partial charge on any atom is -0.478 e. The fourth-order valence-electron chi connectivity index (χ4n) is 0.814. The van der Waals surface area contributed by atoms with Crippen molar-refractivity contribution in [3.63, 3.8) is 0 Å². The Bertz CT molecular complexity index is 338. The highest BCUT2D eigenvalue weighted by Gasteiger charge is 2.11. The molecule has 64 valence electrons. The van der Waals surface area contributed by atoms with Crippen molar-refractivity contribution in [3.05, 3.63) is 20.9 Å². The summed E-state index contributed by atoms with van der Waals surface area (Å²) in [5, 5.41) is 8.70. The standard InChI is InChI=1S/C7H7IN2O2/c1-3-4(7(11)12)2-10-6(9)5(3)8/h2H,1H3,(H2,9,10)(H,11,12). The summed E-state index contributed by atoms with van der Waals surface area (Å²) in [5.41, 5.74) is 6.34. The number of carboxylic acid groups (broad SMARTS) is 1. The van der Waals surface area contributed by atoms with E-state index in [1.54, 1.807) is 6.92 Å². The first-order chi connectivity index (χ1) is 5.54. The summed E-state index contributed by atoms with van der Waals surface area (Å²) in [6.07, 6.45) is 1.27. The highest BCUT2D eigenvalue weighted by Crippen LogP contribution is 2.19. The van der Waals surface area contributed by atoms with Gasteiger partial charge in [-0.3, -0.25) is 0 Å². The highest BCUT2D eigenvalue weighted by atomic mass is 127. The number of rotatable bonds is 1. The van der Waals surface area contributed by atoms with Crippen molar-refractivity contribution in [3.8, 4) is 0 Å². The molecule has 1 aromatic heterocycles. The molecule has 12 heavy (non-hydrogen) atoms. The smallest absolute Gasteiger partial charge is 0.337 e. The Balaban J connectivity index is 3.36. The Morgan fingerprint density at radius 2 is 2.33 bits per heavy atom. The third-order valence-corrected chi connectivity index (χ3v) is 2.88. The van der Waals surface area contributed by atoms with Crippen LogP contribution in [0, 0.1) is 10.5 Å². The molecule has 0 aliphatic rings. The Morgan fingerprint density at radius 1 is 1.75 bits per heavy atom. The fourth-order valence-corrected chi connectivity index (χ4v) is 1.24. The Hall–Kier alpha value is -0.850. The van der Waals surface area contributed by atoms with Crippen molar-refractivity contribution in [2.75, 3.05) is 5.73 Å². The molecule has 0 bridgehead atoms. The number of aromatic nitrogens is 1. The van der Waals surface area contributed by atoms with Crippen LogP contribution in [0.25, 0.3) is 0 Å². The minimum atomic E-state index is -0.974. The third-order valence-electron chi connectivity index (χ3n) is 1.52. The van der Waals surface area contributed by atoms with Gasteiger partial charge in [-0.2, -0.15) is 0 Å². The van der Waals surface area contributed by atoms with Gasteiger partial charge in [0, 0.05) is 6.20 Å². The van der Waals surface area contributed by atoms with E-state index in [2.05, 4.69) is 4.98 Å². The van der Waals surface area contributed by atoms with E-state index in [-0.39, 0.29) is 5.56 Å². The lowest BCUT2D eigenvalue weighted by atomic mass is 10.1. The van der Waals surface area contributed by atoms with Gasteiger partial charge < -0.3 is 10.8 Å². The van der Waals surface area contributed by atoms with Crippen LogP contribution in [0.2, 0.25) is 0 Å². The van der Waals surface area contributed by atoms with Crippen LogP contribution in [-0.2, 0) is 0 Å². The van der Waals surface area contributed by atoms with Crippen molar-refractivity contribution in [1.82, 2.24) is 4.98 Å². The average Bonchev–Trinajstić information content (AvgIpc) is 2.00. The minimum absolute atomic E-state index is 0.202. The quantitative estimate of drug-likeness (QED) is 0.758. The maximum Gasteiger partial charge on any atom is 0.337 e. The summed E-state index contributed by atoms with van der Waals surface area (Å²) < 4.78 is 0.701. The number of nitrogens with zero attached hydrogens (tertiary/aromatic N) is 1. The second-order valence-corrected chi connectivity index (χ2v) is 3.38. The van der Waals surface area contributed by atoms with Gasteiger partial charge in [0.25, 0.3) is 0 Å². The average molecular weight is 278 g/mol. The summed E-state index contributed by atoms with van der Waals surface area (Å²) in [4.78, 5) is 14.4. The molecule has 0 fully saturated rings. The van der Waals surface area contributed by atoms with Crippen molar-refractivity contribution in [2.24, 2.45) is 0 Å². The second-order valence-electron chi connectivity index (χ2n) is 2.30. The summed E-state index contributed by atoms with van der Waals surface area (Å²) in [6.45, 7) is 1.71. The molecule has 0 aliphatic carbocycles. The molecule has 1 rings (SSSR count). The van der Waals surface area contributed by atoms with Crippen molar-refractivity contribution < 1.29 is 9.90 Å². The van der Waals surface area contributed by atoms with E-state index in [0.717, 1.165) is 0 Å². The first-order valence-corrected chi connectivity index (χ1v) is 4.25. The predicted octanol–water partition coefficient (Wildman–Crippen LogP) is 1.28. The Morgan fingerprint density at radius 3 is 2.83 bits per heavy atom. The summed E-state index contributed by atoms with van der Waals surface area (Å²) >= 11 is 1.98. The summed E-state index contributed by atoms with van der Waals surface area (Å²) in [7, 11) is 0. The molecule has 0 atom stereocenters. The van der Waals surface area contributed by atoms with E-state index in [0.29, 0.717) is 15.0 Å². The first kappa shape index (κ1) is 9.24. The Labute approximate surface area is 82.9 Å². The molecule has 0 saturated heterocycles. The van der Waals surface area contributed by atoms with Crippen LogP contribution in [0.1, 0.15) is 15.9 Å². The molecule has 3 N–H and O–H groups in total. The topological polar surface area (TPSA) is 76.2 Å². The largest absolute Gasteiger partial charge is 0.478 e. The van der Waals surface area contributed by atoms with Gasteiger partial charge in [-0.1, -0.05) is 0 Å². The normalized spacial score (nSPS) is 9.83. The number of halogens is 1. The van der Waals surface area contributed by atoms with Gasteiger partial charge in [-0.25, -0.2) is 9.78 Å². The van der Waals surface area contributed by atoms with E-state index in [1.165, 1.54) is 6.20 Å². The molecular weight excluding hydrogens is 271 g/mol. The Kier molecular flexibility index (Phi) is 2.51. The van der Waals surface area contributed by atoms with Crippen LogP contribution in [-0.4, -0.2) is 16.1 Å². The van der Waals surface area contributed by atoms with E-state index in [9.17, 15) is 4.79 Å². The lowest BCUT2D eigenvalue weighted by Crippen LogP contribution is -2.05. The van der Waals surface area contributed by atoms with Gasteiger partial charge in [0.1, 0.15) is 5.82 Å². The number of carbonyl (C=O) groups is 1. The third kappa shape index (κ3) is 1.50. The zero-order valence-electron chi connectivity index (χ0n) is 6.34. The van der Waals surface area contributed by atoms with Gasteiger partial charge >= 0.3 is 5.97 Å². The van der Waals surface area contributed by atoms with E-state index in [1.807, 2.05) is 22.6 Å². The first-order valence-electron chi connectivity index (χ1n) is 3.18. The molecule has 4 nitrogen and oxygen atoms in total. The molecule has 5 heteroatoms. The molecule has 0 radical (unpaired) electrons. The molecule has 0 unspecified atom stereocenters. The molecule has 0 spiro atoms. The van der Waals surface area contributed by atoms with E-state index in [4.69, 9.17) is 10.8 Å². The molecule has 0 aliphatic heterocycles. The van der Waals surface area contributed by atoms with Crippen LogP contribution in [0.15, 0.2) is 6.20 Å². The van der Waals surface area contributed by atoms with Crippen LogP contribution in [0.3, 0.4) is 0 Å². The van der Waals surface area contributed by atoms with Crippen molar-refractivity contribution in [1.29, 1.82) is 0 Å². The predicted molar refractivity (Wildman–Crippen MR) is 53.1 cm³/mol. The lowest BCUT2D eigenvalue weighted by Gasteiger charge is -2.04. The maximum absolute atomic E-state index is 10.6. The lowest BCUT2D eigenvalue weighted by molar-refractivity contribution is 0.0695. The van der Waals surface area contributed by atoms with Crippen LogP contribution in [0.5, 0.6) is 0 Å². The molecule has 0 aromatic carbocycles. The number of hydrogen-bond acceptors (Lipinski definition) is 3. The number of aromatic carboxylic acids is 1. The molecular formula is C7H7IN2O2. The fraction of sp³-hybridized carbons (Fsp3) is 0.143. The number of anilines is 1. The number of carboxylic acids is 1. The van der Waals surface area contributed by atoms with Gasteiger partial charge in [-0.15, -0.1) is 0 Å². The SMILES string of the molecule is Cc1c(C(=O)O)cnc(N)c1I. The van der Waals surface area contributed by atoms with Crippen molar-refractivity contribution >= 4 is 34.4 Å². The van der Waals surface area contributed by atoms with Crippen LogP contribution in [0.4, 0.5) is 5.82 Å². The number of nitrogens with two attached hydrogens (primary N) is 1. The summed E-state index contributed by atoms with van der Waals surface area (Å²) in [5.74, 6) is -0.601. The van der Waals surface area contributed by atoms with E-state index >= 15 is 0 Å². The zero-order chi connectivity index (χ0) is 9.30. The monoisotopic (exact) mass is 278 g/mol. The van der Waals surface area contributed by atoms with Gasteiger partial charge in [0.05, 0.1) is 9.13 Å². The van der Waals surface area contributed by atoms with E-state index < -0.39 is 5.97 Å². The number of hydrogen-bond donors (Lipinski definition) is 2. The second kappa shape index (κ2) is 3.26. The molecule has 0 saturated carbocycles. The highest BCUT2D eigenvalue weighted by molar-refractivity contribution is 14.1.